The Labute approximate surface area is 109 Å². The van der Waals surface area contributed by atoms with Gasteiger partial charge in [0.2, 0.25) is 0 Å². The van der Waals surface area contributed by atoms with Crippen LogP contribution in [0.5, 0.6) is 0 Å². The quantitative estimate of drug-likeness (QED) is 0.644. The molecule has 0 heterocycles. The summed E-state index contributed by atoms with van der Waals surface area (Å²) in [5.41, 5.74) is 1.29. The first-order chi connectivity index (χ1) is 8.33. The molecule has 2 aliphatic rings. The summed E-state index contributed by atoms with van der Waals surface area (Å²) in [5, 5.41) is 0.218. The Balaban J connectivity index is 1.51. The Morgan fingerprint density at radius 3 is 2.59 bits per heavy atom. The van der Waals surface area contributed by atoms with Crippen molar-refractivity contribution in [1.29, 1.82) is 0 Å². The third kappa shape index (κ3) is 2.52. The van der Waals surface area contributed by atoms with Gasteiger partial charge in [-0.3, -0.25) is 0 Å². The molecule has 0 spiro atoms. The van der Waals surface area contributed by atoms with Crippen molar-refractivity contribution in [3.8, 4) is 0 Å². The van der Waals surface area contributed by atoms with Gasteiger partial charge in [-0.1, -0.05) is 36.8 Å². The van der Waals surface area contributed by atoms with Crippen LogP contribution in [0.2, 0.25) is 0 Å². The van der Waals surface area contributed by atoms with Crippen LogP contribution in [0.25, 0.3) is 0 Å². The molecule has 4 unspecified atom stereocenters. The van der Waals surface area contributed by atoms with Crippen LogP contribution in [0.15, 0.2) is 30.3 Å². The molecule has 0 amide bonds. The standard InChI is InChI=1S/C16H21Cl/c17-16(13-4-2-1-3-5-13)9-8-15-11-12-6-7-14(15)10-12/h1-5,12,14-16H,6-11H2. The fourth-order valence-electron chi connectivity index (χ4n) is 3.92. The highest BCUT2D eigenvalue weighted by atomic mass is 35.5. The van der Waals surface area contributed by atoms with E-state index >= 15 is 0 Å². The van der Waals surface area contributed by atoms with Crippen molar-refractivity contribution < 1.29 is 0 Å². The highest BCUT2D eigenvalue weighted by Crippen LogP contribution is 2.50. The number of fused-ring (bicyclic) bond motifs is 2. The average molecular weight is 249 g/mol. The number of alkyl halides is 1. The van der Waals surface area contributed by atoms with Gasteiger partial charge in [0.15, 0.2) is 0 Å². The van der Waals surface area contributed by atoms with E-state index in [2.05, 4.69) is 30.3 Å². The Kier molecular flexibility index (Phi) is 3.42. The molecule has 2 aliphatic carbocycles. The molecule has 2 bridgehead atoms. The van der Waals surface area contributed by atoms with E-state index < -0.39 is 0 Å². The molecule has 1 aromatic carbocycles. The zero-order valence-corrected chi connectivity index (χ0v) is 11.1. The molecule has 3 rings (SSSR count). The largest absolute Gasteiger partial charge is 0.118 e. The van der Waals surface area contributed by atoms with Crippen molar-refractivity contribution in [2.24, 2.45) is 17.8 Å². The van der Waals surface area contributed by atoms with Gasteiger partial charge in [-0.25, -0.2) is 0 Å². The summed E-state index contributed by atoms with van der Waals surface area (Å²) in [5.74, 6) is 3.09. The average Bonchev–Trinajstić information content (AvgIpc) is 2.99. The van der Waals surface area contributed by atoms with E-state index in [0.717, 1.165) is 24.2 Å². The summed E-state index contributed by atoms with van der Waals surface area (Å²) in [4.78, 5) is 0. The van der Waals surface area contributed by atoms with E-state index in [0.29, 0.717) is 0 Å². The molecule has 2 fully saturated rings. The third-order valence-corrected chi connectivity index (χ3v) is 5.31. The van der Waals surface area contributed by atoms with Crippen LogP contribution >= 0.6 is 11.6 Å². The highest BCUT2D eigenvalue weighted by molar-refractivity contribution is 6.20. The molecule has 92 valence electrons. The second-order valence-electron chi connectivity index (χ2n) is 5.89. The number of benzene rings is 1. The molecular formula is C16H21Cl. The molecule has 4 atom stereocenters. The molecule has 1 heteroatoms. The molecule has 0 saturated heterocycles. The Bertz CT molecular complexity index is 359. The zero-order valence-electron chi connectivity index (χ0n) is 10.3. The zero-order chi connectivity index (χ0) is 11.7. The minimum Gasteiger partial charge on any atom is -0.118 e. The first-order valence-corrected chi connectivity index (χ1v) is 7.45. The lowest BCUT2D eigenvalue weighted by Gasteiger charge is -2.22. The molecule has 1 aromatic rings. The summed E-state index contributed by atoms with van der Waals surface area (Å²) < 4.78 is 0. The second-order valence-corrected chi connectivity index (χ2v) is 6.42. The smallest absolute Gasteiger partial charge is 0.0585 e. The van der Waals surface area contributed by atoms with Crippen LogP contribution < -0.4 is 0 Å². The summed E-state index contributed by atoms with van der Waals surface area (Å²) in [7, 11) is 0. The molecular weight excluding hydrogens is 228 g/mol. The third-order valence-electron chi connectivity index (χ3n) is 4.84. The molecule has 2 saturated carbocycles. The van der Waals surface area contributed by atoms with Crippen molar-refractivity contribution in [3.05, 3.63) is 35.9 Å². The van der Waals surface area contributed by atoms with Crippen molar-refractivity contribution >= 4 is 11.6 Å². The van der Waals surface area contributed by atoms with Gasteiger partial charge in [0.25, 0.3) is 0 Å². The summed E-state index contributed by atoms with van der Waals surface area (Å²) in [6, 6.07) is 10.5. The van der Waals surface area contributed by atoms with Gasteiger partial charge in [0.05, 0.1) is 5.38 Å². The van der Waals surface area contributed by atoms with Crippen molar-refractivity contribution in [1.82, 2.24) is 0 Å². The van der Waals surface area contributed by atoms with Crippen LogP contribution in [-0.2, 0) is 0 Å². The maximum atomic E-state index is 6.49. The number of rotatable bonds is 4. The number of hydrogen-bond donors (Lipinski definition) is 0. The van der Waals surface area contributed by atoms with E-state index in [-0.39, 0.29) is 5.38 Å². The first kappa shape index (κ1) is 11.6. The van der Waals surface area contributed by atoms with E-state index in [1.54, 1.807) is 0 Å². The van der Waals surface area contributed by atoms with Gasteiger partial charge in [0.1, 0.15) is 0 Å². The summed E-state index contributed by atoms with van der Waals surface area (Å²) in [6.07, 6.45) is 8.49. The Morgan fingerprint density at radius 2 is 1.94 bits per heavy atom. The summed E-state index contributed by atoms with van der Waals surface area (Å²) >= 11 is 6.49. The predicted molar refractivity (Wildman–Crippen MR) is 73.2 cm³/mol. The molecule has 0 aliphatic heterocycles. The normalized spacial score (nSPS) is 32.9. The lowest BCUT2D eigenvalue weighted by atomic mass is 9.85. The van der Waals surface area contributed by atoms with Crippen LogP contribution in [0.4, 0.5) is 0 Å². The predicted octanol–water partition coefficient (Wildman–Crippen LogP) is 5.18. The van der Waals surface area contributed by atoms with Gasteiger partial charge in [0, 0.05) is 0 Å². The van der Waals surface area contributed by atoms with Gasteiger partial charge in [-0.15, -0.1) is 11.6 Å². The molecule has 0 nitrogen and oxygen atoms in total. The van der Waals surface area contributed by atoms with E-state index in [4.69, 9.17) is 11.6 Å². The lowest BCUT2D eigenvalue weighted by molar-refractivity contribution is 0.307. The van der Waals surface area contributed by atoms with Crippen LogP contribution in [0, 0.1) is 17.8 Å². The molecule has 0 aromatic heterocycles. The SMILES string of the molecule is ClC(CCC1CC2CCC1C2)c1ccccc1. The minimum absolute atomic E-state index is 0.218. The second kappa shape index (κ2) is 5.02. The van der Waals surface area contributed by atoms with E-state index in [1.165, 1.54) is 37.7 Å². The van der Waals surface area contributed by atoms with Crippen molar-refractivity contribution in [2.75, 3.05) is 0 Å². The van der Waals surface area contributed by atoms with Gasteiger partial charge in [-0.05, 0) is 55.4 Å². The fourth-order valence-corrected chi connectivity index (χ4v) is 4.19. The Hall–Kier alpha value is -0.490. The van der Waals surface area contributed by atoms with Crippen molar-refractivity contribution in [2.45, 2.75) is 43.9 Å². The summed E-state index contributed by atoms with van der Waals surface area (Å²) in [6.45, 7) is 0. The van der Waals surface area contributed by atoms with Crippen LogP contribution in [0.1, 0.15) is 49.5 Å². The molecule has 17 heavy (non-hydrogen) atoms. The number of halogens is 1. The van der Waals surface area contributed by atoms with Crippen molar-refractivity contribution in [3.63, 3.8) is 0 Å². The highest BCUT2D eigenvalue weighted by Gasteiger charge is 2.39. The molecule has 0 radical (unpaired) electrons. The fraction of sp³-hybridized carbons (Fsp3) is 0.625. The minimum atomic E-state index is 0.218. The van der Waals surface area contributed by atoms with Crippen LogP contribution in [0.3, 0.4) is 0 Å². The number of hydrogen-bond acceptors (Lipinski definition) is 0. The maximum Gasteiger partial charge on any atom is 0.0585 e. The maximum absolute atomic E-state index is 6.49. The van der Waals surface area contributed by atoms with Gasteiger partial charge >= 0.3 is 0 Å². The van der Waals surface area contributed by atoms with Gasteiger partial charge < -0.3 is 0 Å². The van der Waals surface area contributed by atoms with E-state index in [9.17, 15) is 0 Å². The van der Waals surface area contributed by atoms with E-state index in [1.807, 2.05) is 0 Å². The monoisotopic (exact) mass is 248 g/mol. The van der Waals surface area contributed by atoms with Gasteiger partial charge in [-0.2, -0.15) is 0 Å². The lowest BCUT2D eigenvalue weighted by Crippen LogP contribution is -2.10. The Morgan fingerprint density at radius 1 is 1.12 bits per heavy atom. The first-order valence-electron chi connectivity index (χ1n) is 7.02. The molecule has 0 N–H and O–H groups in total. The van der Waals surface area contributed by atoms with Crippen LogP contribution in [-0.4, -0.2) is 0 Å². The topological polar surface area (TPSA) is 0 Å².